The van der Waals surface area contributed by atoms with Gasteiger partial charge in [0.2, 0.25) is 0 Å². The first-order valence-corrected chi connectivity index (χ1v) is 11.1. The summed E-state index contributed by atoms with van der Waals surface area (Å²) in [7, 11) is 0. The molecular formula is C22H35N5O3. The summed E-state index contributed by atoms with van der Waals surface area (Å²) in [5.74, 6) is 2.71. The third-order valence-corrected chi connectivity index (χ3v) is 5.29. The van der Waals surface area contributed by atoms with E-state index in [9.17, 15) is 0 Å². The van der Waals surface area contributed by atoms with E-state index >= 15 is 0 Å². The fourth-order valence-electron chi connectivity index (χ4n) is 3.54. The summed E-state index contributed by atoms with van der Waals surface area (Å²) in [5, 5.41) is 11.1. The molecule has 2 aromatic rings. The number of hydrogen-bond donors (Lipinski definition) is 2. The van der Waals surface area contributed by atoms with Crippen LogP contribution in [0.3, 0.4) is 0 Å². The van der Waals surface area contributed by atoms with Crippen LogP contribution >= 0.6 is 0 Å². The molecule has 2 aromatic heterocycles. The fourth-order valence-corrected chi connectivity index (χ4v) is 3.54. The van der Waals surface area contributed by atoms with Gasteiger partial charge in [-0.1, -0.05) is 19.0 Å². The van der Waals surface area contributed by atoms with Crippen molar-refractivity contribution < 1.29 is 13.7 Å². The van der Waals surface area contributed by atoms with E-state index in [-0.39, 0.29) is 0 Å². The van der Waals surface area contributed by atoms with Crippen LogP contribution in [0.15, 0.2) is 32.3 Å². The van der Waals surface area contributed by atoms with Crippen LogP contribution in [0.25, 0.3) is 0 Å². The molecule has 1 fully saturated rings. The van der Waals surface area contributed by atoms with E-state index < -0.39 is 0 Å². The molecule has 0 spiro atoms. The highest BCUT2D eigenvalue weighted by atomic mass is 16.5. The molecule has 0 atom stereocenters. The zero-order valence-electron chi connectivity index (χ0n) is 18.3. The van der Waals surface area contributed by atoms with Crippen LogP contribution in [0.4, 0.5) is 0 Å². The normalized spacial score (nSPS) is 15.5. The molecule has 8 heteroatoms. The molecule has 1 saturated heterocycles. The monoisotopic (exact) mass is 417 g/mol. The number of ether oxygens (including phenoxy) is 1. The molecule has 1 aliphatic rings. The van der Waals surface area contributed by atoms with Gasteiger partial charge in [-0.05, 0) is 31.5 Å². The summed E-state index contributed by atoms with van der Waals surface area (Å²) in [6.07, 6.45) is 5.26. The first-order chi connectivity index (χ1) is 14.8. The van der Waals surface area contributed by atoms with Crippen LogP contribution in [-0.4, -0.2) is 62.0 Å². The van der Waals surface area contributed by atoms with Crippen molar-refractivity contribution in [3.05, 3.63) is 41.2 Å². The molecule has 0 aliphatic carbocycles. The van der Waals surface area contributed by atoms with Crippen LogP contribution in [0.5, 0.6) is 0 Å². The Morgan fingerprint density at radius 3 is 2.73 bits per heavy atom. The number of nitrogens with one attached hydrogen (secondary N) is 2. The van der Waals surface area contributed by atoms with Gasteiger partial charge in [0.05, 0.1) is 31.7 Å². The van der Waals surface area contributed by atoms with Gasteiger partial charge in [-0.2, -0.15) is 0 Å². The third-order valence-electron chi connectivity index (χ3n) is 5.29. The van der Waals surface area contributed by atoms with E-state index in [0.29, 0.717) is 6.54 Å². The van der Waals surface area contributed by atoms with Crippen molar-refractivity contribution in [3.8, 4) is 0 Å². The second-order valence-electron chi connectivity index (χ2n) is 7.39. The molecule has 0 aromatic carbocycles. The van der Waals surface area contributed by atoms with E-state index in [2.05, 4.69) is 34.5 Å². The van der Waals surface area contributed by atoms with E-state index in [4.69, 9.17) is 18.7 Å². The number of aryl methyl sites for hydroxylation is 2. The number of aliphatic imine (C=N–C) groups is 1. The average molecular weight is 418 g/mol. The number of nitrogens with zero attached hydrogens (tertiary/aromatic N) is 3. The number of hydrogen-bond acceptors (Lipinski definition) is 6. The molecule has 1 aliphatic heterocycles. The number of aromatic nitrogens is 1. The van der Waals surface area contributed by atoms with E-state index in [1.54, 1.807) is 6.26 Å². The largest absolute Gasteiger partial charge is 0.469 e. The van der Waals surface area contributed by atoms with Crippen LogP contribution in [0.1, 0.15) is 43.0 Å². The molecule has 0 unspecified atom stereocenters. The predicted molar refractivity (Wildman–Crippen MR) is 117 cm³/mol. The van der Waals surface area contributed by atoms with Gasteiger partial charge in [0.1, 0.15) is 11.5 Å². The molecule has 3 heterocycles. The van der Waals surface area contributed by atoms with Gasteiger partial charge in [0.15, 0.2) is 5.96 Å². The first kappa shape index (κ1) is 22.4. The lowest BCUT2D eigenvalue weighted by Gasteiger charge is -2.26. The zero-order valence-corrected chi connectivity index (χ0v) is 18.3. The van der Waals surface area contributed by atoms with E-state index in [0.717, 1.165) is 100 Å². The third kappa shape index (κ3) is 6.88. The second-order valence-corrected chi connectivity index (χ2v) is 7.39. The Hall–Kier alpha value is -2.32. The van der Waals surface area contributed by atoms with Gasteiger partial charge in [-0.3, -0.25) is 4.90 Å². The minimum Gasteiger partial charge on any atom is -0.469 e. The standard InChI is InChI=1S/C22H35N5O3/c1-3-20-19(21(4-2)30-26-20)17-25-22(24-10-8-18-7-5-14-29-18)23-9-6-11-27-12-15-28-16-13-27/h5,7,14H,3-4,6,8-13,15-17H2,1-2H3,(H2,23,24,25). The summed E-state index contributed by atoms with van der Waals surface area (Å²) < 4.78 is 16.3. The number of guanidine groups is 1. The van der Waals surface area contributed by atoms with Crippen LogP contribution in [0, 0.1) is 0 Å². The quantitative estimate of drug-likeness (QED) is 0.330. The lowest BCUT2D eigenvalue weighted by molar-refractivity contribution is 0.0376. The summed E-state index contributed by atoms with van der Waals surface area (Å²) in [6, 6.07) is 3.91. The maximum absolute atomic E-state index is 5.48. The van der Waals surface area contributed by atoms with Gasteiger partial charge in [-0.15, -0.1) is 0 Å². The molecular weight excluding hydrogens is 382 g/mol. The maximum Gasteiger partial charge on any atom is 0.191 e. The first-order valence-electron chi connectivity index (χ1n) is 11.1. The number of rotatable bonds is 11. The predicted octanol–water partition coefficient (Wildman–Crippen LogP) is 2.39. The van der Waals surface area contributed by atoms with Crippen molar-refractivity contribution in [2.24, 2.45) is 4.99 Å². The van der Waals surface area contributed by atoms with Crippen LogP contribution in [-0.2, 0) is 30.5 Å². The molecule has 0 amide bonds. The number of morpholine rings is 1. The lowest BCUT2D eigenvalue weighted by Crippen LogP contribution is -2.41. The van der Waals surface area contributed by atoms with Gasteiger partial charge in [0.25, 0.3) is 0 Å². The second kappa shape index (κ2) is 12.4. The molecule has 3 rings (SSSR count). The van der Waals surface area contributed by atoms with Crippen molar-refractivity contribution in [2.45, 2.75) is 46.1 Å². The molecule has 2 N–H and O–H groups in total. The highest BCUT2D eigenvalue weighted by molar-refractivity contribution is 5.79. The smallest absolute Gasteiger partial charge is 0.191 e. The van der Waals surface area contributed by atoms with Crippen molar-refractivity contribution in [3.63, 3.8) is 0 Å². The Kier molecular flexibility index (Phi) is 9.24. The minimum absolute atomic E-state index is 0.565. The minimum atomic E-state index is 0.565. The molecule has 0 saturated carbocycles. The average Bonchev–Trinajstić information content (AvgIpc) is 3.44. The van der Waals surface area contributed by atoms with Gasteiger partial charge in [-0.25, -0.2) is 4.99 Å². The molecule has 0 radical (unpaired) electrons. The van der Waals surface area contributed by atoms with Crippen LogP contribution in [0.2, 0.25) is 0 Å². The Balaban J connectivity index is 1.53. The highest BCUT2D eigenvalue weighted by Gasteiger charge is 2.13. The van der Waals surface area contributed by atoms with Gasteiger partial charge >= 0.3 is 0 Å². The van der Waals surface area contributed by atoms with Crippen molar-refractivity contribution in [1.82, 2.24) is 20.7 Å². The summed E-state index contributed by atoms with van der Waals surface area (Å²) in [5.41, 5.74) is 2.11. The summed E-state index contributed by atoms with van der Waals surface area (Å²) in [6.45, 7) is 11.2. The SMILES string of the molecule is CCc1noc(CC)c1CN=C(NCCCN1CCOCC1)NCCc1ccco1. The Labute approximate surface area is 179 Å². The van der Waals surface area contributed by atoms with E-state index in [1.807, 2.05) is 12.1 Å². The van der Waals surface area contributed by atoms with Gasteiger partial charge in [0, 0.05) is 44.6 Å². The summed E-state index contributed by atoms with van der Waals surface area (Å²) >= 11 is 0. The van der Waals surface area contributed by atoms with Crippen molar-refractivity contribution in [2.75, 3.05) is 45.9 Å². The molecule has 166 valence electrons. The lowest BCUT2D eigenvalue weighted by atomic mass is 10.1. The highest BCUT2D eigenvalue weighted by Crippen LogP contribution is 2.16. The maximum atomic E-state index is 5.48. The van der Waals surface area contributed by atoms with Crippen LogP contribution < -0.4 is 10.6 Å². The van der Waals surface area contributed by atoms with E-state index in [1.165, 1.54) is 0 Å². The van der Waals surface area contributed by atoms with Crippen molar-refractivity contribution in [1.29, 1.82) is 0 Å². The van der Waals surface area contributed by atoms with Gasteiger partial charge < -0.3 is 24.3 Å². The molecule has 30 heavy (non-hydrogen) atoms. The molecule has 0 bridgehead atoms. The Bertz CT molecular complexity index is 729. The molecule has 8 nitrogen and oxygen atoms in total. The topological polar surface area (TPSA) is 88.1 Å². The summed E-state index contributed by atoms with van der Waals surface area (Å²) in [4.78, 5) is 7.27. The number of furan rings is 1. The Morgan fingerprint density at radius 1 is 1.17 bits per heavy atom. The zero-order chi connectivity index (χ0) is 21.0. The van der Waals surface area contributed by atoms with Crippen molar-refractivity contribution >= 4 is 5.96 Å². The Morgan fingerprint density at radius 2 is 2.00 bits per heavy atom. The fraction of sp³-hybridized carbons (Fsp3) is 0.636.